The number of aromatic nitrogens is 2. The van der Waals surface area contributed by atoms with E-state index >= 15 is 0 Å². The van der Waals surface area contributed by atoms with Crippen molar-refractivity contribution in [3.8, 4) is 55.9 Å². The molecule has 2 aliphatic rings. The van der Waals surface area contributed by atoms with Gasteiger partial charge in [0.05, 0.1) is 27.5 Å². The van der Waals surface area contributed by atoms with Gasteiger partial charge in [0.1, 0.15) is 0 Å². The van der Waals surface area contributed by atoms with Crippen molar-refractivity contribution < 1.29 is 0 Å². The van der Waals surface area contributed by atoms with Gasteiger partial charge >= 0.3 is 0 Å². The average molecular weight is 799 g/mol. The molecule has 10 aromatic carbocycles. The minimum Gasteiger partial charge on any atom is -0.309 e. The van der Waals surface area contributed by atoms with Crippen molar-refractivity contribution in [3.05, 3.63) is 253 Å². The number of benzene rings is 10. The summed E-state index contributed by atoms with van der Waals surface area (Å²) in [7, 11) is 0. The summed E-state index contributed by atoms with van der Waals surface area (Å²) in [6.07, 6.45) is 0. The minimum atomic E-state index is -0.394. The van der Waals surface area contributed by atoms with E-state index in [1.165, 1.54) is 116 Å². The van der Waals surface area contributed by atoms with Crippen LogP contribution in [0.1, 0.15) is 22.3 Å². The van der Waals surface area contributed by atoms with Gasteiger partial charge in [-0.3, -0.25) is 0 Å². The molecule has 0 atom stereocenters. The molecule has 0 aliphatic heterocycles. The van der Waals surface area contributed by atoms with Crippen LogP contribution in [0.5, 0.6) is 0 Å². The van der Waals surface area contributed by atoms with Crippen LogP contribution in [0.15, 0.2) is 231 Å². The number of para-hydroxylation sites is 2. The van der Waals surface area contributed by atoms with E-state index in [1.54, 1.807) is 0 Å². The van der Waals surface area contributed by atoms with Gasteiger partial charge in [-0.25, -0.2) is 0 Å². The monoisotopic (exact) mass is 798 g/mol. The van der Waals surface area contributed by atoms with Crippen LogP contribution in [0.3, 0.4) is 0 Å². The van der Waals surface area contributed by atoms with Gasteiger partial charge in [0.2, 0.25) is 0 Å². The van der Waals surface area contributed by atoms with Crippen molar-refractivity contribution >= 4 is 43.6 Å². The molecule has 14 rings (SSSR count). The third-order valence-electron chi connectivity index (χ3n) is 14.2. The van der Waals surface area contributed by atoms with E-state index in [4.69, 9.17) is 0 Å². The number of fused-ring (bicyclic) bond motifs is 16. The molecule has 0 saturated carbocycles. The number of nitrogens with zero attached hydrogens (tertiary/aromatic N) is 2. The molecule has 12 aromatic rings. The highest BCUT2D eigenvalue weighted by molar-refractivity contribution is 6.13. The summed E-state index contributed by atoms with van der Waals surface area (Å²) in [6.45, 7) is 0. The molecule has 2 aromatic heterocycles. The molecule has 292 valence electrons. The van der Waals surface area contributed by atoms with E-state index in [-0.39, 0.29) is 0 Å². The van der Waals surface area contributed by atoms with Gasteiger partial charge in [-0.2, -0.15) is 0 Å². The molecule has 0 bridgehead atoms. The topological polar surface area (TPSA) is 9.86 Å². The first-order valence-corrected chi connectivity index (χ1v) is 21.9. The first kappa shape index (κ1) is 34.5. The number of hydrogen-bond donors (Lipinski definition) is 0. The lowest BCUT2D eigenvalue weighted by molar-refractivity contribution is 0.792. The molecule has 2 heterocycles. The summed E-state index contributed by atoms with van der Waals surface area (Å²) in [5.74, 6) is 0. The third-order valence-corrected chi connectivity index (χ3v) is 14.2. The van der Waals surface area contributed by atoms with Crippen LogP contribution in [-0.4, -0.2) is 9.13 Å². The van der Waals surface area contributed by atoms with Crippen LogP contribution in [0.25, 0.3) is 99.5 Å². The van der Waals surface area contributed by atoms with Crippen molar-refractivity contribution in [2.45, 2.75) is 5.41 Å². The summed E-state index contributed by atoms with van der Waals surface area (Å²) < 4.78 is 4.89. The SMILES string of the molecule is c1ccc(-c2ccc(-n3c4ccccc4c4cc(-c5ccc6c(c5)c5ccccc5n6-c5ccc6c(c5)C5(c7ccccc7-c7ccccc75)c5ccccc5-6)ccc43)cc2)cc1. The Morgan fingerprint density at radius 3 is 1.19 bits per heavy atom. The van der Waals surface area contributed by atoms with Gasteiger partial charge in [0, 0.05) is 32.9 Å². The Hall–Kier alpha value is -8.20. The van der Waals surface area contributed by atoms with E-state index < -0.39 is 5.41 Å². The maximum Gasteiger partial charge on any atom is 0.0726 e. The Labute approximate surface area is 365 Å². The highest BCUT2D eigenvalue weighted by Crippen LogP contribution is 2.63. The predicted octanol–water partition coefficient (Wildman–Crippen LogP) is 15.6. The zero-order chi connectivity index (χ0) is 41.2. The summed E-state index contributed by atoms with van der Waals surface area (Å²) in [6, 6.07) is 85.7. The first-order valence-electron chi connectivity index (χ1n) is 21.9. The zero-order valence-electron chi connectivity index (χ0n) is 34.3. The van der Waals surface area contributed by atoms with E-state index in [0.29, 0.717) is 0 Å². The molecule has 0 radical (unpaired) electrons. The normalized spacial score (nSPS) is 13.2. The van der Waals surface area contributed by atoms with Crippen LogP contribution in [-0.2, 0) is 5.41 Å². The van der Waals surface area contributed by atoms with E-state index in [9.17, 15) is 0 Å². The Kier molecular flexibility index (Phi) is 7.07. The number of hydrogen-bond acceptors (Lipinski definition) is 0. The highest BCUT2D eigenvalue weighted by atomic mass is 15.0. The second kappa shape index (κ2) is 12.9. The molecule has 0 amide bonds. The standard InChI is InChI=1S/C61H38N2/c1-2-14-39(15-3-1)40-26-30-43(31-27-40)62-57-24-12-7-19-49(57)51-36-41(28-34-59(51)62)42-29-35-60-52(37-42)50-20-8-13-25-58(50)63(60)44-32-33-48-47-18-6-11-23-55(47)61(56(48)38-44)53-21-9-4-16-45(53)46-17-5-10-22-54(46)61/h1-38H. The lowest BCUT2D eigenvalue weighted by atomic mass is 9.70. The van der Waals surface area contributed by atoms with Crippen LogP contribution < -0.4 is 0 Å². The first-order chi connectivity index (χ1) is 31.3. The second-order valence-corrected chi connectivity index (χ2v) is 17.2. The molecule has 0 unspecified atom stereocenters. The van der Waals surface area contributed by atoms with Crippen LogP contribution in [0.2, 0.25) is 0 Å². The lowest BCUT2D eigenvalue weighted by Gasteiger charge is -2.30. The molecule has 0 fully saturated rings. The Morgan fingerprint density at radius 2 is 0.635 bits per heavy atom. The molecule has 2 nitrogen and oxygen atoms in total. The molecule has 0 saturated heterocycles. The van der Waals surface area contributed by atoms with Crippen LogP contribution in [0.4, 0.5) is 0 Å². The van der Waals surface area contributed by atoms with Gasteiger partial charge in [0.25, 0.3) is 0 Å². The minimum absolute atomic E-state index is 0.394. The van der Waals surface area contributed by atoms with Crippen molar-refractivity contribution in [1.29, 1.82) is 0 Å². The Morgan fingerprint density at radius 1 is 0.238 bits per heavy atom. The highest BCUT2D eigenvalue weighted by Gasteiger charge is 2.51. The predicted molar refractivity (Wildman–Crippen MR) is 262 cm³/mol. The fourth-order valence-electron chi connectivity index (χ4n) is 11.5. The van der Waals surface area contributed by atoms with Crippen molar-refractivity contribution in [2.24, 2.45) is 0 Å². The molecule has 63 heavy (non-hydrogen) atoms. The summed E-state index contributed by atoms with van der Waals surface area (Å²) in [4.78, 5) is 0. The quantitative estimate of drug-likeness (QED) is 0.168. The molecular formula is C61H38N2. The van der Waals surface area contributed by atoms with E-state index in [1.807, 2.05) is 0 Å². The van der Waals surface area contributed by atoms with E-state index in [0.717, 1.165) is 5.69 Å². The van der Waals surface area contributed by atoms with Crippen molar-refractivity contribution in [1.82, 2.24) is 9.13 Å². The maximum atomic E-state index is 2.49. The average Bonchev–Trinajstić information content (AvgIpc) is 4.06. The number of rotatable bonds is 4. The fraction of sp³-hybridized carbons (Fsp3) is 0.0164. The zero-order valence-corrected chi connectivity index (χ0v) is 34.3. The molecular weight excluding hydrogens is 761 g/mol. The fourth-order valence-corrected chi connectivity index (χ4v) is 11.5. The second-order valence-electron chi connectivity index (χ2n) is 17.2. The van der Waals surface area contributed by atoms with E-state index in [2.05, 4.69) is 240 Å². The van der Waals surface area contributed by atoms with Gasteiger partial charge in [-0.1, -0.05) is 170 Å². The lowest BCUT2D eigenvalue weighted by Crippen LogP contribution is -2.26. The van der Waals surface area contributed by atoms with Gasteiger partial charge in [-0.05, 0) is 127 Å². The molecule has 2 heteroatoms. The van der Waals surface area contributed by atoms with Crippen molar-refractivity contribution in [2.75, 3.05) is 0 Å². The molecule has 0 N–H and O–H groups in total. The molecule has 1 spiro atoms. The summed E-state index contributed by atoms with van der Waals surface area (Å²) in [5, 5.41) is 5.00. The Balaban J connectivity index is 0.925. The molecule has 2 aliphatic carbocycles. The van der Waals surface area contributed by atoms with Crippen LogP contribution >= 0.6 is 0 Å². The van der Waals surface area contributed by atoms with Crippen molar-refractivity contribution in [3.63, 3.8) is 0 Å². The summed E-state index contributed by atoms with van der Waals surface area (Å²) >= 11 is 0. The Bertz CT molecular complexity index is 3780. The third kappa shape index (κ3) is 4.67. The largest absolute Gasteiger partial charge is 0.309 e. The summed E-state index contributed by atoms with van der Waals surface area (Å²) in [5.41, 5.74) is 22.3. The van der Waals surface area contributed by atoms with Gasteiger partial charge in [0.15, 0.2) is 0 Å². The maximum absolute atomic E-state index is 2.49. The smallest absolute Gasteiger partial charge is 0.0726 e. The van der Waals surface area contributed by atoms with Gasteiger partial charge < -0.3 is 9.13 Å². The van der Waals surface area contributed by atoms with Gasteiger partial charge in [-0.15, -0.1) is 0 Å². The van der Waals surface area contributed by atoms with Crippen LogP contribution in [0, 0.1) is 0 Å².